The minimum absolute atomic E-state index is 0.154. The number of carbonyl (C=O) groups excluding carboxylic acids is 2. The van der Waals surface area contributed by atoms with Gasteiger partial charge in [0.25, 0.3) is 5.91 Å². The van der Waals surface area contributed by atoms with Crippen LogP contribution in [0.5, 0.6) is 0 Å². The molecule has 2 rings (SSSR count). The highest BCUT2D eigenvalue weighted by atomic mass is 35.5. The van der Waals surface area contributed by atoms with Gasteiger partial charge in [-0.05, 0) is 29.8 Å². The highest BCUT2D eigenvalue weighted by Crippen LogP contribution is 2.23. The number of halogens is 1. The molecule has 2 aromatic rings. The van der Waals surface area contributed by atoms with E-state index in [0.717, 1.165) is 5.56 Å². The van der Waals surface area contributed by atoms with Gasteiger partial charge >= 0.3 is 0 Å². The van der Waals surface area contributed by atoms with E-state index in [4.69, 9.17) is 23.1 Å². The summed E-state index contributed by atoms with van der Waals surface area (Å²) in [6, 6.07) is 10.4. The van der Waals surface area contributed by atoms with Crippen molar-refractivity contribution in [3.63, 3.8) is 0 Å². The topological polar surface area (TPSA) is 89.4 Å². The Morgan fingerprint density at radius 2 is 1.81 bits per heavy atom. The zero-order chi connectivity index (χ0) is 15.4. The molecule has 0 aliphatic heterocycles. The summed E-state index contributed by atoms with van der Waals surface area (Å²) in [4.78, 5) is 25.4. The van der Waals surface area contributed by atoms with Gasteiger partial charge in [0.1, 0.15) is 6.54 Å². The molecule has 0 saturated heterocycles. The Morgan fingerprint density at radius 1 is 1.14 bits per heavy atom. The molecule has 0 saturated carbocycles. The van der Waals surface area contributed by atoms with E-state index >= 15 is 0 Å². The Hall–Kier alpha value is -2.05. The standard InChI is InChI=1S/C14H14ClN3O2S/c15-12-6-5-11(21-12)14(20)18(8-13(17)19)7-9-1-3-10(16)4-2-9/h1-6H,7-8,16H2,(H2,17,19). The van der Waals surface area contributed by atoms with E-state index in [0.29, 0.717) is 14.9 Å². The van der Waals surface area contributed by atoms with Gasteiger partial charge < -0.3 is 16.4 Å². The van der Waals surface area contributed by atoms with Crippen LogP contribution in [0.15, 0.2) is 36.4 Å². The summed E-state index contributed by atoms with van der Waals surface area (Å²) in [5, 5.41) is 0. The van der Waals surface area contributed by atoms with Crippen LogP contribution in [0.2, 0.25) is 4.34 Å². The first-order valence-electron chi connectivity index (χ1n) is 6.13. The molecule has 0 bridgehead atoms. The Balaban J connectivity index is 2.19. The SMILES string of the molecule is NC(=O)CN(Cc1ccc(N)cc1)C(=O)c1ccc(Cl)s1. The molecule has 1 heterocycles. The Kier molecular flexibility index (Phi) is 4.82. The number of carbonyl (C=O) groups is 2. The lowest BCUT2D eigenvalue weighted by atomic mass is 10.2. The predicted molar refractivity (Wildman–Crippen MR) is 84.1 cm³/mol. The summed E-state index contributed by atoms with van der Waals surface area (Å²) >= 11 is 7.00. The molecule has 7 heteroatoms. The molecular formula is C14H14ClN3O2S. The van der Waals surface area contributed by atoms with Crippen molar-refractivity contribution in [1.82, 2.24) is 4.90 Å². The molecule has 5 nitrogen and oxygen atoms in total. The van der Waals surface area contributed by atoms with Crippen LogP contribution in [-0.4, -0.2) is 23.3 Å². The van der Waals surface area contributed by atoms with Crippen molar-refractivity contribution in [2.75, 3.05) is 12.3 Å². The summed E-state index contributed by atoms with van der Waals surface area (Å²) in [6.07, 6.45) is 0. The van der Waals surface area contributed by atoms with E-state index < -0.39 is 5.91 Å². The van der Waals surface area contributed by atoms with Crippen LogP contribution in [0, 0.1) is 0 Å². The van der Waals surface area contributed by atoms with Crippen molar-refractivity contribution in [3.05, 3.63) is 51.2 Å². The average Bonchev–Trinajstić information content (AvgIpc) is 2.86. The number of thiophene rings is 1. The number of amides is 2. The van der Waals surface area contributed by atoms with Gasteiger partial charge in [-0.3, -0.25) is 9.59 Å². The quantitative estimate of drug-likeness (QED) is 0.826. The van der Waals surface area contributed by atoms with Crippen molar-refractivity contribution in [3.8, 4) is 0 Å². The van der Waals surface area contributed by atoms with Crippen molar-refractivity contribution in [2.45, 2.75) is 6.54 Å². The van der Waals surface area contributed by atoms with Gasteiger partial charge in [-0.2, -0.15) is 0 Å². The van der Waals surface area contributed by atoms with Gasteiger partial charge in [0.05, 0.1) is 9.21 Å². The fourth-order valence-corrected chi connectivity index (χ4v) is 2.83. The number of anilines is 1. The van der Waals surface area contributed by atoms with Gasteiger partial charge in [0.15, 0.2) is 0 Å². The lowest BCUT2D eigenvalue weighted by Crippen LogP contribution is -2.37. The van der Waals surface area contributed by atoms with Crippen LogP contribution in [0.25, 0.3) is 0 Å². The van der Waals surface area contributed by atoms with Crippen molar-refractivity contribution < 1.29 is 9.59 Å². The van der Waals surface area contributed by atoms with Gasteiger partial charge in [-0.25, -0.2) is 0 Å². The van der Waals surface area contributed by atoms with E-state index in [9.17, 15) is 9.59 Å². The van der Waals surface area contributed by atoms with Gasteiger partial charge in [-0.1, -0.05) is 23.7 Å². The lowest BCUT2D eigenvalue weighted by Gasteiger charge is -2.20. The average molecular weight is 324 g/mol. The molecule has 110 valence electrons. The number of nitrogen functional groups attached to an aromatic ring is 1. The molecule has 0 aliphatic rings. The monoisotopic (exact) mass is 323 g/mol. The number of nitrogens with zero attached hydrogens (tertiary/aromatic N) is 1. The summed E-state index contributed by atoms with van der Waals surface area (Å²) in [5.41, 5.74) is 12.3. The minimum atomic E-state index is -0.568. The Bertz CT molecular complexity index is 654. The first-order valence-corrected chi connectivity index (χ1v) is 7.32. The van der Waals surface area contributed by atoms with Crippen LogP contribution < -0.4 is 11.5 Å². The van der Waals surface area contributed by atoms with Crippen molar-refractivity contribution in [1.29, 1.82) is 0 Å². The highest BCUT2D eigenvalue weighted by Gasteiger charge is 2.19. The van der Waals surface area contributed by atoms with E-state index in [1.807, 2.05) is 0 Å². The molecule has 0 radical (unpaired) electrons. The summed E-state index contributed by atoms with van der Waals surface area (Å²) < 4.78 is 0.518. The molecule has 1 aromatic heterocycles. The summed E-state index contributed by atoms with van der Waals surface area (Å²) in [6.45, 7) is 0.121. The van der Waals surface area contributed by atoms with E-state index in [2.05, 4.69) is 0 Å². The van der Waals surface area contributed by atoms with Crippen LogP contribution in [-0.2, 0) is 11.3 Å². The van der Waals surface area contributed by atoms with Gasteiger partial charge in [-0.15, -0.1) is 11.3 Å². The number of rotatable bonds is 5. The molecule has 0 fully saturated rings. The molecule has 21 heavy (non-hydrogen) atoms. The van der Waals surface area contributed by atoms with Gasteiger partial charge in [0.2, 0.25) is 5.91 Å². The predicted octanol–water partition coefficient (Wildman–Crippen LogP) is 2.11. The third kappa shape index (κ3) is 4.21. The maximum Gasteiger partial charge on any atom is 0.264 e. The van der Waals surface area contributed by atoms with E-state index in [1.165, 1.54) is 16.2 Å². The Labute approximate surface area is 131 Å². The van der Waals surface area contributed by atoms with Crippen LogP contribution in [0.3, 0.4) is 0 Å². The lowest BCUT2D eigenvalue weighted by molar-refractivity contribution is -0.118. The van der Waals surface area contributed by atoms with Gasteiger partial charge in [0, 0.05) is 12.2 Å². The molecule has 0 unspecified atom stereocenters. The fraction of sp³-hybridized carbons (Fsp3) is 0.143. The second-order valence-corrected chi connectivity index (χ2v) is 6.19. The maximum atomic E-state index is 12.4. The molecule has 1 aromatic carbocycles. The van der Waals surface area contributed by atoms with Crippen LogP contribution in [0.1, 0.15) is 15.2 Å². The second-order valence-electron chi connectivity index (χ2n) is 4.47. The molecular weight excluding hydrogens is 310 g/mol. The largest absolute Gasteiger partial charge is 0.399 e. The third-order valence-corrected chi connectivity index (χ3v) is 3.99. The molecule has 2 amide bonds. The molecule has 0 aliphatic carbocycles. The van der Waals surface area contributed by atoms with Crippen LogP contribution >= 0.6 is 22.9 Å². The minimum Gasteiger partial charge on any atom is -0.399 e. The van der Waals surface area contributed by atoms with E-state index in [1.54, 1.807) is 36.4 Å². The zero-order valence-electron chi connectivity index (χ0n) is 11.1. The fourth-order valence-electron chi connectivity index (χ4n) is 1.82. The summed E-state index contributed by atoms with van der Waals surface area (Å²) in [5.74, 6) is -0.844. The number of hydrogen-bond donors (Lipinski definition) is 2. The summed E-state index contributed by atoms with van der Waals surface area (Å²) in [7, 11) is 0. The molecule has 0 spiro atoms. The van der Waals surface area contributed by atoms with E-state index in [-0.39, 0.29) is 19.0 Å². The normalized spacial score (nSPS) is 10.3. The second kappa shape index (κ2) is 6.60. The van der Waals surface area contributed by atoms with Crippen LogP contribution in [0.4, 0.5) is 5.69 Å². The number of primary amides is 1. The third-order valence-electron chi connectivity index (χ3n) is 2.77. The molecule has 0 atom stereocenters. The smallest absolute Gasteiger partial charge is 0.264 e. The first-order chi connectivity index (χ1) is 9.95. The number of benzene rings is 1. The van der Waals surface area contributed by atoms with Crippen molar-refractivity contribution in [2.24, 2.45) is 5.73 Å². The Morgan fingerprint density at radius 3 is 2.33 bits per heavy atom. The number of hydrogen-bond acceptors (Lipinski definition) is 4. The first kappa shape index (κ1) is 15.3. The number of nitrogens with two attached hydrogens (primary N) is 2. The zero-order valence-corrected chi connectivity index (χ0v) is 12.7. The highest BCUT2D eigenvalue weighted by molar-refractivity contribution is 7.17. The molecule has 4 N–H and O–H groups in total. The maximum absolute atomic E-state index is 12.4. The van der Waals surface area contributed by atoms with Crippen molar-refractivity contribution >= 4 is 40.4 Å².